The Labute approximate surface area is 164 Å². The van der Waals surface area contributed by atoms with Crippen molar-refractivity contribution in [3.8, 4) is 11.1 Å². The molecular weight excluding hydrogens is 348 g/mol. The minimum absolute atomic E-state index is 0.0534. The van der Waals surface area contributed by atoms with Crippen molar-refractivity contribution in [2.24, 2.45) is 5.92 Å². The van der Waals surface area contributed by atoms with Crippen LogP contribution in [-0.4, -0.2) is 11.8 Å². The van der Waals surface area contributed by atoms with Crippen molar-refractivity contribution < 1.29 is 9.59 Å². The van der Waals surface area contributed by atoms with E-state index < -0.39 is 0 Å². The van der Waals surface area contributed by atoms with E-state index >= 15 is 0 Å². The van der Waals surface area contributed by atoms with E-state index in [1.54, 1.807) is 0 Å². The number of hydrogen-bond donors (Lipinski definition) is 2. The number of rotatable bonds is 5. The molecule has 0 unspecified atom stereocenters. The van der Waals surface area contributed by atoms with Crippen LogP contribution < -0.4 is 10.6 Å². The zero-order valence-corrected chi connectivity index (χ0v) is 15.7. The van der Waals surface area contributed by atoms with Gasteiger partial charge in [-0.2, -0.15) is 0 Å². The third-order valence-corrected chi connectivity index (χ3v) is 4.96. The molecule has 0 saturated heterocycles. The van der Waals surface area contributed by atoms with Gasteiger partial charge in [-0.1, -0.05) is 48.5 Å². The molecule has 2 N–H and O–H groups in total. The molecule has 4 rings (SSSR count). The topological polar surface area (TPSA) is 58.2 Å². The lowest BCUT2D eigenvalue weighted by molar-refractivity contribution is -0.117. The van der Waals surface area contributed by atoms with Crippen molar-refractivity contribution in [1.82, 2.24) is 0 Å². The molecule has 28 heavy (non-hydrogen) atoms. The smallest absolute Gasteiger partial charge is 0.255 e. The predicted molar refractivity (Wildman–Crippen MR) is 112 cm³/mol. The minimum Gasteiger partial charge on any atom is -0.326 e. The maximum absolute atomic E-state index is 12.7. The maximum Gasteiger partial charge on any atom is 0.255 e. The van der Waals surface area contributed by atoms with Crippen LogP contribution in [0.15, 0.2) is 72.8 Å². The van der Waals surface area contributed by atoms with Gasteiger partial charge < -0.3 is 10.6 Å². The van der Waals surface area contributed by atoms with Crippen molar-refractivity contribution in [3.05, 3.63) is 83.9 Å². The molecule has 1 aliphatic carbocycles. The Morgan fingerprint density at radius 2 is 1.50 bits per heavy atom. The van der Waals surface area contributed by atoms with Gasteiger partial charge in [0.25, 0.3) is 5.91 Å². The van der Waals surface area contributed by atoms with Crippen LogP contribution in [-0.2, 0) is 4.79 Å². The highest BCUT2D eigenvalue weighted by molar-refractivity contribution is 6.05. The van der Waals surface area contributed by atoms with E-state index in [1.165, 1.54) is 0 Å². The van der Waals surface area contributed by atoms with Crippen molar-refractivity contribution in [1.29, 1.82) is 0 Å². The molecule has 140 valence electrons. The molecule has 1 aliphatic rings. The first kappa shape index (κ1) is 18.0. The van der Waals surface area contributed by atoms with Gasteiger partial charge in [0, 0.05) is 22.9 Å². The molecule has 1 fully saturated rings. The zero-order valence-electron chi connectivity index (χ0n) is 15.7. The third kappa shape index (κ3) is 4.12. The van der Waals surface area contributed by atoms with Crippen molar-refractivity contribution in [3.63, 3.8) is 0 Å². The fourth-order valence-electron chi connectivity index (χ4n) is 3.06. The normalized spacial score (nSPS) is 13.0. The summed E-state index contributed by atoms with van der Waals surface area (Å²) >= 11 is 0. The predicted octanol–water partition coefficient (Wildman–Crippen LogP) is 5.26. The highest BCUT2D eigenvalue weighted by Gasteiger charge is 2.29. The quantitative estimate of drug-likeness (QED) is 0.643. The van der Waals surface area contributed by atoms with E-state index in [4.69, 9.17) is 0 Å². The second-order valence-electron chi connectivity index (χ2n) is 7.19. The van der Waals surface area contributed by atoms with Crippen LogP contribution in [0.4, 0.5) is 11.4 Å². The van der Waals surface area contributed by atoms with E-state index in [2.05, 4.69) is 10.6 Å². The average molecular weight is 370 g/mol. The van der Waals surface area contributed by atoms with E-state index in [0.29, 0.717) is 16.9 Å². The molecule has 0 aromatic heterocycles. The van der Waals surface area contributed by atoms with Gasteiger partial charge in [-0.25, -0.2) is 0 Å². The lowest BCUT2D eigenvalue weighted by Crippen LogP contribution is -2.15. The first-order valence-corrected chi connectivity index (χ1v) is 9.48. The fraction of sp³-hybridized carbons (Fsp3) is 0.167. The van der Waals surface area contributed by atoms with Crippen LogP contribution in [0.3, 0.4) is 0 Å². The molecule has 4 heteroatoms. The van der Waals surface area contributed by atoms with Gasteiger partial charge in [-0.15, -0.1) is 0 Å². The summed E-state index contributed by atoms with van der Waals surface area (Å²) in [6.45, 7) is 1.93. The largest absolute Gasteiger partial charge is 0.326 e. The second-order valence-corrected chi connectivity index (χ2v) is 7.19. The van der Waals surface area contributed by atoms with Gasteiger partial charge in [0.1, 0.15) is 0 Å². The Kier molecular flexibility index (Phi) is 4.94. The molecule has 0 aliphatic heterocycles. The highest BCUT2D eigenvalue weighted by Crippen LogP contribution is 2.31. The number of carbonyl (C=O) groups is 2. The molecule has 3 aromatic rings. The van der Waals surface area contributed by atoms with Gasteiger partial charge in [-0.05, 0) is 60.7 Å². The van der Waals surface area contributed by atoms with Crippen LogP contribution in [0.1, 0.15) is 28.8 Å². The Morgan fingerprint density at radius 1 is 0.821 bits per heavy atom. The zero-order chi connectivity index (χ0) is 19.5. The molecule has 1 saturated carbocycles. The number of amides is 2. The monoisotopic (exact) mass is 370 g/mol. The Hall–Kier alpha value is -3.40. The van der Waals surface area contributed by atoms with Gasteiger partial charge in [-0.3, -0.25) is 9.59 Å². The SMILES string of the molecule is Cc1ccc(NC(=O)C2CC2)cc1NC(=O)c1ccc(-c2ccccc2)cc1. The summed E-state index contributed by atoms with van der Waals surface area (Å²) in [6.07, 6.45) is 1.92. The lowest BCUT2D eigenvalue weighted by atomic mass is 10.0. The van der Waals surface area contributed by atoms with Crippen molar-refractivity contribution >= 4 is 23.2 Å². The summed E-state index contributed by atoms with van der Waals surface area (Å²) in [4.78, 5) is 24.6. The van der Waals surface area contributed by atoms with Gasteiger partial charge >= 0.3 is 0 Å². The van der Waals surface area contributed by atoms with Gasteiger partial charge in [0.15, 0.2) is 0 Å². The van der Waals surface area contributed by atoms with Crippen LogP contribution in [0.5, 0.6) is 0 Å². The molecule has 3 aromatic carbocycles. The summed E-state index contributed by atoms with van der Waals surface area (Å²) < 4.78 is 0. The summed E-state index contributed by atoms with van der Waals surface area (Å²) in [5.41, 5.74) is 5.12. The van der Waals surface area contributed by atoms with Crippen LogP contribution in [0.2, 0.25) is 0 Å². The number of anilines is 2. The second kappa shape index (κ2) is 7.69. The standard InChI is InChI=1S/C24H22N2O2/c1-16-7-14-21(25-23(27)19-12-13-19)15-22(16)26-24(28)20-10-8-18(9-11-20)17-5-3-2-4-6-17/h2-11,14-15,19H,12-13H2,1H3,(H,25,27)(H,26,28). The summed E-state index contributed by atoms with van der Waals surface area (Å²) in [6, 6.07) is 23.2. The molecule has 0 radical (unpaired) electrons. The number of aryl methyl sites for hydroxylation is 1. The molecule has 0 spiro atoms. The minimum atomic E-state index is -0.173. The molecule has 2 amide bonds. The molecule has 0 bridgehead atoms. The number of hydrogen-bond acceptors (Lipinski definition) is 2. The summed E-state index contributed by atoms with van der Waals surface area (Å²) in [5, 5.41) is 5.87. The van der Waals surface area contributed by atoms with Crippen LogP contribution in [0.25, 0.3) is 11.1 Å². The first-order chi connectivity index (χ1) is 13.6. The molecule has 0 heterocycles. The van der Waals surface area contributed by atoms with Crippen LogP contribution >= 0.6 is 0 Å². The van der Waals surface area contributed by atoms with E-state index in [1.807, 2.05) is 79.7 Å². The first-order valence-electron chi connectivity index (χ1n) is 9.48. The summed E-state index contributed by atoms with van der Waals surface area (Å²) in [5.74, 6) is 0.0217. The molecular formula is C24H22N2O2. The Bertz CT molecular complexity index is 1010. The van der Waals surface area contributed by atoms with E-state index in [0.717, 1.165) is 29.5 Å². The van der Waals surface area contributed by atoms with Gasteiger partial charge in [0.2, 0.25) is 5.91 Å². The summed E-state index contributed by atoms with van der Waals surface area (Å²) in [7, 11) is 0. The van der Waals surface area contributed by atoms with Gasteiger partial charge in [0.05, 0.1) is 0 Å². The highest BCUT2D eigenvalue weighted by atomic mass is 16.2. The van der Waals surface area contributed by atoms with E-state index in [9.17, 15) is 9.59 Å². The van der Waals surface area contributed by atoms with Crippen LogP contribution in [0, 0.1) is 12.8 Å². The van der Waals surface area contributed by atoms with Crippen molar-refractivity contribution in [2.75, 3.05) is 10.6 Å². The van der Waals surface area contributed by atoms with E-state index in [-0.39, 0.29) is 17.7 Å². The molecule has 4 nitrogen and oxygen atoms in total. The Balaban J connectivity index is 1.47. The third-order valence-electron chi connectivity index (χ3n) is 4.96. The van der Waals surface area contributed by atoms with Crippen molar-refractivity contribution in [2.45, 2.75) is 19.8 Å². The Morgan fingerprint density at radius 3 is 2.18 bits per heavy atom. The number of benzene rings is 3. The average Bonchev–Trinajstić information content (AvgIpc) is 3.57. The number of carbonyl (C=O) groups excluding carboxylic acids is 2. The fourth-order valence-corrected chi connectivity index (χ4v) is 3.06. The lowest BCUT2D eigenvalue weighted by Gasteiger charge is -2.12. The molecule has 0 atom stereocenters. The number of nitrogens with one attached hydrogen (secondary N) is 2. The maximum atomic E-state index is 12.7.